The minimum Gasteiger partial charge on any atom is -0.466 e. The number of carbonyl (C=O) groups is 1. The van der Waals surface area contributed by atoms with Crippen LogP contribution in [-0.4, -0.2) is 17.6 Å². The van der Waals surface area contributed by atoms with Crippen LogP contribution in [-0.2, 0) is 16.0 Å². The molecule has 6 heteroatoms. The molecule has 17 heavy (non-hydrogen) atoms. The molecule has 0 aliphatic heterocycles. The summed E-state index contributed by atoms with van der Waals surface area (Å²) in [7, 11) is 0. The zero-order chi connectivity index (χ0) is 13.0. The number of rotatable bonds is 4. The second kappa shape index (κ2) is 5.91. The maximum Gasteiger partial charge on any atom is 0.311 e. The van der Waals surface area contributed by atoms with Gasteiger partial charge >= 0.3 is 5.97 Å². The molecule has 0 N–H and O–H groups in total. The summed E-state index contributed by atoms with van der Waals surface area (Å²) >= 11 is 5.61. The van der Waals surface area contributed by atoms with Crippen LogP contribution >= 0.6 is 11.6 Å². The Bertz CT molecular complexity index is 424. The molecule has 0 saturated carbocycles. The average Bonchev–Trinajstić information content (AvgIpc) is 2.22. The van der Waals surface area contributed by atoms with E-state index in [1.807, 2.05) is 0 Å². The van der Waals surface area contributed by atoms with Gasteiger partial charge in [-0.3, -0.25) is 4.79 Å². The number of alkyl halides is 2. The number of carbonyl (C=O) groups excluding carboxylic acids is 1. The number of hydrogen-bond acceptors (Lipinski definition) is 3. The lowest BCUT2D eigenvalue weighted by Crippen LogP contribution is -2.10. The van der Waals surface area contributed by atoms with Crippen molar-refractivity contribution in [2.75, 3.05) is 6.61 Å². The molecule has 0 unspecified atom stereocenters. The van der Waals surface area contributed by atoms with Crippen LogP contribution in [0.3, 0.4) is 0 Å². The largest absolute Gasteiger partial charge is 0.466 e. The van der Waals surface area contributed by atoms with Gasteiger partial charge < -0.3 is 4.74 Å². The lowest BCUT2D eigenvalue weighted by Gasteiger charge is -2.09. The molecule has 0 bridgehead atoms. The molecule has 1 aromatic heterocycles. The van der Waals surface area contributed by atoms with Crippen LogP contribution in [0.15, 0.2) is 6.07 Å². The number of aromatic nitrogens is 1. The number of hydrogen-bond donors (Lipinski definition) is 0. The predicted octanol–water partition coefficient (Wildman–Crippen LogP) is 3.09. The first-order valence-electron chi connectivity index (χ1n) is 5.05. The molecule has 3 nitrogen and oxygen atoms in total. The van der Waals surface area contributed by atoms with E-state index in [9.17, 15) is 13.6 Å². The van der Waals surface area contributed by atoms with Crippen LogP contribution in [0.2, 0.25) is 5.15 Å². The summed E-state index contributed by atoms with van der Waals surface area (Å²) in [6.45, 7) is 3.55. The van der Waals surface area contributed by atoms with Gasteiger partial charge in [0.25, 0.3) is 6.43 Å². The van der Waals surface area contributed by atoms with E-state index in [1.165, 1.54) is 6.07 Å². The van der Waals surface area contributed by atoms with Crippen molar-refractivity contribution in [1.82, 2.24) is 4.98 Å². The maximum absolute atomic E-state index is 12.5. The fourth-order valence-electron chi connectivity index (χ4n) is 1.33. The Labute approximate surface area is 103 Å². The van der Waals surface area contributed by atoms with Gasteiger partial charge in [0.2, 0.25) is 0 Å². The van der Waals surface area contributed by atoms with Crippen LogP contribution in [0.4, 0.5) is 8.78 Å². The normalized spacial score (nSPS) is 10.7. The third-order valence-corrected chi connectivity index (χ3v) is 2.45. The van der Waals surface area contributed by atoms with E-state index >= 15 is 0 Å². The summed E-state index contributed by atoms with van der Waals surface area (Å²) in [5.74, 6) is -0.455. The van der Waals surface area contributed by atoms with Gasteiger partial charge in [0, 0.05) is 0 Å². The van der Waals surface area contributed by atoms with E-state index in [0.29, 0.717) is 11.3 Å². The minimum absolute atomic E-state index is 0.0666. The fourth-order valence-corrected chi connectivity index (χ4v) is 1.57. The number of ether oxygens (including phenoxy) is 1. The third-order valence-electron chi connectivity index (χ3n) is 2.15. The van der Waals surface area contributed by atoms with Crippen molar-refractivity contribution in [2.45, 2.75) is 26.7 Å². The molecule has 0 radical (unpaired) electrons. The van der Waals surface area contributed by atoms with E-state index in [4.69, 9.17) is 16.3 Å². The van der Waals surface area contributed by atoms with Gasteiger partial charge in [-0.05, 0) is 25.5 Å². The molecule has 1 rings (SSSR count). The highest BCUT2D eigenvalue weighted by Gasteiger charge is 2.17. The molecular weight excluding hydrogens is 252 g/mol. The standard InChI is InChI=1S/C11H12ClF2NO2/c1-3-17-9(16)5-8-6(2)4-7(11(13)14)10(12)15-8/h4,11H,3,5H2,1-2H3. The Morgan fingerprint density at radius 3 is 2.76 bits per heavy atom. The van der Waals surface area contributed by atoms with Crippen LogP contribution in [0.25, 0.3) is 0 Å². The van der Waals surface area contributed by atoms with Gasteiger partial charge in [0.05, 0.1) is 24.3 Å². The Kier molecular flexibility index (Phi) is 4.81. The number of nitrogens with zero attached hydrogens (tertiary/aromatic N) is 1. The first kappa shape index (κ1) is 13.8. The highest BCUT2D eigenvalue weighted by molar-refractivity contribution is 6.30. The molecule has 0 amide bonds. The maximum atomic E-state index is 12.5. The van der Waals surface area contributed by atoms with Crippen molar-refractivity contribution < 1.29 is 18.3 Å². The third kappa shape index (κ3) is 3.63. The van der Waals surface area contributed by atoms with Gasteiger partial charge in [-0.15, -0.1) is 0 Å². The monoisotopic (exact) mass is 263 g/mol. The molecular formula is C11H12ClF2NO2. The molecule has 1 heterocycles. The number of halogens is 3. The van der Waals surface area contributed by atoms with Crippen molar-refractivity contribution in [2.24, 2.45) is 0 Å². The lowest BCUT2D eigenvalue weighted by atomic mass is 10.1. The molecule has 0 spiro atoms. The Balaban J connectivity index is 2.95. The second-order valence-electron chi connectivity index (χ2n) is 3.41. The first-order chi connectivity index (χ1) is 7.95. The van der Waals surface area contributed by atoms with Gasteiger partial charge in [-0.1, -0.05) is 11.6 Å². The molecule has 94 valence electrons. The first-order valence-corrected chi connectivity index (χ1v) is 5.43. The zero-order valence-corrected chi connectivity index (χ0v) is 10.2. The van der Waals surface area contributed by atoms with Crippen molar-refractivity contribution in [3.05, 3.63) is 28.0 Å². The molecule has 1 aromatic rings. The summed E-state index contributed by atoms with van der Waals surface area (Å²) in [4.78, 5) is 15.0. The van der Waals surface area contributed by atoms with Crippen molar-refractivity contribution in [3.63, 3.8) is 0 Å². The van der Waals surface area contributed by atoms with Gasteiger partial charge in [0.1, 0.15) is 5.15 Å². The average molecular weight is 264 g/mol. The molecule has 0 atom stereocenters. The molecule has 0 aromatic carbocycles. The summed E-state index contributed by atoms with van der Waals surface area (Å²) in [6, 6.07) is 1.24. The van der Waals surface area contributed by atoms with Crippen LogP contribution in [0, 0.1) is 6.92 Å². The number of esters is 1. The van der Waals surface area contributed by atoms with Crippen LogP contribution < -0.4 is 0 Å². The van der Waals surface area contributed by atoms with Crippen molar-refractivity contribution >= 4 is 17.6 Å². The Morgan fingerprint density at radius 1 is 1.59 bits per heavy atom. The SMILES string of the molecule is CCOC(=O)Cc1nc(Cl)c(C(F)F)cc1C. The molecule has 0 aliphatic carbocycles. The smallest absolute Gasteiger partial charge is 0.311 e. The molecule has 0 saturated heterocycles. The van der Waals surface area contributed by atoms with Gasteiger partial charge in [-0.25, -0.2) is 13.8 Å². The zero-order valence-electron chi connectivity index (χ0n) is 9.47. The van der Waals surface area contributed by atoms with E-state index in [0.717, 1.165) is 0 Å². The highest BCUT2D eigenvalue weighted by Crippen LogP contribution is 2.27. The van der Waals surface area contributed by atoms with E-state index in [-0.39, 0.29) is 23.7 Å². The summed E-state index contributed by atoms with van der Waals surface area (Å²) in [5, 5.41) is -0.273. The summed E-state index contributed by atoms with van der Waals surface area (Å²) < 4.78 is 29.8. The second-order valence-corrected chi connectivity index (χ2v) is 3.77. The van der Waals surface area contributed by atoms with Crippen LogP contribution in [0.5, 0.6) is 0 Å². The number of aryl methyl sites for hydroxylation is 1. The van der Waals surface area contributed by atoms with E-state index < -0.39 is 12.4 Å². The van der Waals surface area contributed by atoms with Gasteiger partial charge in [0.15, 0.2) is 0 Å². The minimum atomic E-state index is -2.68. The fraction of sp³-hybridized carbons (Fsp3) is 0.455. The van der Waals surface area contributed by atoms with Crippen LogP contribution in [0.1, 0.15) is 30.2 Å². The van der Waals surface area contributed by atoms with Crippen molar-refractivity contribution in [3.8, 4) is 0 Å². The molecule has 0 aliphatic rings. The number of pyridine rings is 1. The van der Waals surface area contributed by atoms with Crippen molar-refractivity contribution in [1.29, 1.82) is 0 Å². The quantitative estimate of drug-likeness (QED) is 0.619. The topological polar surface area (TPSA) is 39.2 Å². The molecule has 0 fully saturated rings. The Hall–Kier alpha value is -1.23. The van der Waals surface area contributed by atoms with E-state index in [2.05, 4.69) is 4.98 Å². The Morgan fingerprint density at radius 2 is 2.24 bits per heavy atom. The summed E-state index contributed by atoms with van der Waals surface area (Å²) in [5.41, 5.74) is 0.535. The highest BCUT2D eigenvalue weighted by atomic mass is 35.5. The predicted molar refractivity (Wildman–Crippen MR) is 59.3 cm³/mol. The van der Waals surface area contributed by atoms with E-state index in [1.54, 1.807) is 13.8 Å². The van der Waals surface area contributed by atoms with Gasteiger partial charge in [-0.2, -0.15) is 0 Å². The summed E-state index contributed by atoms with van der Waals surface area (Å²) in [6.07, 6.45) is -2.74. The lowest BCUT2D eigenvalue weighted by molar-refractivity contribution is -0.142.